The number of rotatable bonds is 5. The number of carbonyl (C=O) groups is 1. The van der Waals surface area contributed by atoms with Gasteiger partial charge in [0.2, 0.25) is 5.91 Å². The molecule has 1 saturated carbocycles. The fraction of sp³-hybridized carbons (Fsp3) is 0.409. The molecule has 1 fully saturated rings. The molecule has 1 aliphatic heterocycles. The van der Waals surface area contributed by atoms with Gasteiger partial charge in [-0.3, -0.25) is 4.79 Å². The summed E-state index contributed by atoms with van der Waals surface area (Å²) >= 11 is 0. The van der Waals surface area contributed by atoms with E-state index in [1.807, 2.05) is 4.90 Å². The third-order valence-corrected chi connectivity index (χ3v) is 5.52. The number of amides is 1. The van der Waals surface area contributed by atoms with Crippen molar-refractivity contribution in [3.05, 3.63) is 59.4 Å². The van der Waals surface area contributed by atoms with Crippen LogP contribution in [0.4, 0.5) is 23.2 Å². The van der Waals surface area contributed by atoms with Crippen molar-refractivity contribution in [2.75, 3.05) is 18.0 Å². The minimum Gasteiger partial charge on any atom is -0.406 e. The molecule has 1 heterocycles. The zero-order valence-corrected chi connectivity index (χ0v) is 16.6. The molecule has 2 aromatic rings. The highest BCUT2D eigenvalue weighted by Crippen LogP contribution is 2.34. The van der Waals surface area contributed by atoms with E-state index in [-0.39, 0.29) is 30.7 Å². The Hall–Kier alpha value is -2.81. The molecular formula is C22H22F4N2O3. The summed E-state index contributed by atoms with van der Waals surface area (Å²) in [4.78, 5) is 16.3. The zero-order chi connectivity index (χ0) is 22.2. The van der Waals surface area contributed by atoms with Crippen LogP contribution in [0.1, 0.15) is 36.5 Å². The van der Waals surface area contributed by atoms with Gasteiger partial charge in [0.05, 0.1) is 6.10 Å². The van der Waals surface area contributed by atoms with Crippen LogP contribution in [0.2, 0.25) is 0 Å². The van der Waals surface area contributed by atoms with Gasteiger partial charge in [0.15, 0.2) is 0 Å². The first-order valence-electron chi connectivity index (χ1n) is 10.1. The molecule has 31 heavy (non-hydrogen) atoms. The van der Waals surface area contributed by atoms with Gasteiger partial charge in [-0.05, 0) is 54.3 Å². The lowest BCUT2D eigenvalue weighted by molar-refractivity contribution is -0.274. The van der Waals surface area contributed by atoms with E-state index >= 15 is 0 Å². The Morgan fingerprint density at radius 2 is 1.84 bits per heavy atom. The maximum Gasteiger partial charge on any atom is 0.573 e. The van der Waals surface area contributed by atoms with Crippen LogP contribution in [0.5, 0.6) is 5.75 Å². The Morgan fingerprint density at radius 1 is 1.13 bits per heavy atom. The summed E-state index contributed by atoms with van der Waals surface area (Å²) in [7, 11) is 0. The van der Waals surface area contributed by atoms with Crippen molar-refractivity contribution in [3.63, 3.8) is 0 Å². The van der Waals surface area contributed by atoms with E-state index in [4.69, 9.17) is 0 Å². The predicted octanol–water partition coefficient (Wildman–Crippen LogP) is 4.16. The second-order valence-electron chi connectivity index (χ2n) is 7.85. The van der Waals surface area contributed by atoms with Crippen molar-refractivity contribution >= 4 is 11.6 Å². The topological polar surface area (TPSA) is 53.0 Å². The second kappa shape index (κ2) is 8.37. The molecule has 9 heteroatoms. The van der Waals surface area contributed by atoms with Gasteiger partial charge in [-0.2, -0.15) is 0 Å². The smallest absolute Gasteiger partial charge is 0.406 e. The van der Waals surface area contributed by atoms with Crippen LogP contribution in [-0.4, -0.2) is 41.4 Å². The molecule has 0 saturated heterocycles. The lowest BCUT2D eigenvalue weighted by Gasteiger charge is -2.34. The number of aliphatic hydroxyl groups excluding tert-OH is 1. The number of benzene rings is 2. The highest BCUT2D eigenvalue weighted by atomic mass is 19.4. The SMILES string of the molecule is O=C1CCN(CC(O)c2ccc(OC(F)(F)F)cc2)c2ccc(F)cc2CN1C1CC1. The molecule has 2 aliphatic rings. The molecule has 0 radical (unpaired) electrons. The first-order chi connectivity index (χ1) is 14.7. The van der Waals surface area contributed by atoms with E-state index in [2.05, 4.69) is 4.74 Å². The first kappa shape index (κ1) is 21.4. The van der Waals surface area contributed by atoms with Crippen LogP contribution in [-0.2, 0) is 11.3 Å². The number of anilines is 1. The molecule has 0 spiro atoms. The molecule has 1 aliphatic carbocycles. The number of ether oxygens (including phenoxy) is 1. The van der Waals surface area contributed by atoms with Gasteiger partial charge in [0.1, 0.15) is 11.6 Å². The molecular weight excluding hydrogens is 416 g/mol. The zero-order valence-electron chi connectivity index (χ0n) is 16.6. The van der Waals surface area contributed by atoms with Crippen molar-refractivity contribution < 1.29 is 32.2 Å². The molecule has 1 atom stereocenters. The number of fused-ring (bicyclic) bond motifs is 1. The molecule has 1 amide bonds. The Bertz CT molecular complexity index is 945. The Kier molecular flexibility index (Phi) is 5.79. The lowest BCUT2D eigenvalue weighted by Crippen LogP contribution is -2.40. The van der Waals surface area contributed by atoms with Crippen LogP contribution in [0.15, 0.2) is 42.5 Å². The molecule has 2 aromatic carbocycles. The van der Waals surface area contributed by atoms with Gasteiger partial charge in [-0.1, -0.05) is 12.1 Å². The Morgan fingerprint density at radius 3 is 2.48 bits per heavy atom. The van der Waals surface area contributed by atoms with E-state index in [0.29, 0.717) is 24.2 Å². The quantitative estimate of drug-likeness (QED) is 0.713. The van der Waals surface area contributed by atoms with Gasteiger partial charge in [0, 0.05) is 37.8 Å². The van der Waals surface area contributed by atoms with Gasteiger partial charge in [0.25, 0.3) is 0 Å². The summed E-state index contributed by atoms with van der Waals surface area (Å²) in [6, 6.07) is 9.59. The Balaban J connectivity index is 1.53. The summed E-state index contributed by atoms with van der Waals surface area (Å²) in [5, 5.41) is 10.7. The number of aliphatic hydroxyl groups is 1. The number of alkyl halides is 3. The van der Waals surface area contributed by atoms with Crippen molar-refractivity contribution in [2.45, 2.75) is 44.3 Å². The van der Waals surface area contributed by atoms with Crippen LogP contribution in [0.25, 0.3) is 0 Å². The van der Waals surface area contributed by atoms with Crippen LogP contribution < -0.4 is 9.64 Å². The van der Waals surface area contributed by atoms with Crippen LogP contribution in [0.3, 0.4) is 0 Å². The number of nitrogens with zero attached hydrogens (tertiary/aromatic N) is 2. The minimum atomic E-state index is -4.79. The van der Waals surface area contributed by atoms with E-state index < -0.39 is 18.3 Å². The van der Waals surface area contributed by atoms with Crippen LogP contribution >= 0.6 is 0 Å². The molecule has 166 valence electrons. The number of hydrogen-bond acceptors (Lipinski definition) is 4. The summed E-state index contributed by atoms with van der Waals surface area (Å²) in [6.07, 6.45) is -3.64. The maximum atomic E-state index is 13.9. The first-order valence-corrected chi connectivity index (χ1v) is 10.1. The van der Waals surface area contributed by atoms with Crippen LogP contribution in [0, 0.1) is 5.82 Å². The van der Waals surface area contributed by atoms with Crippen molar-refractivity contribution in [3.8, 4) is 5.75 Å². The molecule has 4 rings (SSSR count). The molecule has 5 nitrogen and oxygen atoms in total. The molecule has 0 bridgehead atoms. The molecule has 0 aromatic heterocycles. The van der Waals surface area contributed by atoms with Crippen molar-refractivity contribution in [1.82, 2.24) is 4.90 Å². The average Bonchev–Trinajstić information content (AvgIpc) is 3.52. The summed E-state index contributed by atoms with van der Waals surface area (Å²) in [6.45, 7) is 0.758. The van der Waals surface area contributed by atoms with Crippen molar-refractivity contribution in [1.29, 1.82) is 0 Å². The fourth-order valence-electron chi connectivity index (χ4n) is 3.87. The highest BCUT2D eigenvalue weighted by molar-refractivity contribution is 5.78. The summed E-state index contributed by atoms with van der Waals surface area (Å²) in [5.74, 6) is -0.782. The van der Waals surface area contributed by atoms with E-state index in [1.54, 1.807) is 11.0 Å². The molecule has 1 unspecified atom stereocenters. The van der Waals surface area contributed by atoms with E-state index in [0.717, 1.165) is 30.7 Å². The third-order valence-electron chi connectivity index (χ3n) is 5.52. The maximum absolute atomic E-state index is 13.9. The number of hydrogen-bond donors (Lipinski definition) is 1. The third kappa shape index (κ3) is 5.28. The Labute approximate surface area is 176 Å². The van der Waals surface area contributed by atoms with Gasteiger partial charge < -0.3 is 19.6 Å². The highest BCUT2D eigenvalue weighted by Gasteiger charge is 2.35. The number of β-amino-alcohol motifs (C(OH)–C–C–N with tert-alkyl or cyclic N) is 1. The lowest BCUT2D eigenvalue weighted by atomic mass is 10.0. The molecule has 1 N–H and O–H groups in total. The fourth-order valence-corrected chi connectivity index (χ4v) is 3.87. The summed E-state index contributed by atoms with van der Waals surface area (Å²) < 4.78 is 54.7. The average molecular weight is 438 g/mol. The summed E-state index contributed by atoms with van der Waals surface area (Å²) in [5.41, 5.74) is 1.81. The van der Waals surface area contributed by atoms with Gasteiger partial charge in [-0.25, -0.2) is 4.39 Å². The largest absolute Gasteiger partial charge is 0.573 e. The number of carbonyl (C=O) groups excluding carboxylic acids is 1. The standard InChI is InChI=1S/C22H22F4N2O3/c23-16-3-8-19-15(11-16)12-28(17-4-5-17)21(30)9-10-27(19)13-20(29)14-1-6-18(7-2-14)31-22(24,25)26/h1-3,6-8,11,17,20,29H,4-5,9-10,12-13H2. The van der Waals surface area contributed by atoms with E-state index in [1.165, 1.54) is 24.3 Å². The van der Waals surface area contributed by atoms with Gasteiger partial charge >= 0.3 is 6.36 Å². The minimum absolute atomic E-state index is 0.00875. The normalized spacial score (nSPS) is 18.3. The monoisotopic (exact) mass is 438 g/mol. The second-order valence-corrected chi connectivity index (χ2v) is 7.85. The predicted molar refractivity (Wildman–Crippen MR) is 105 cm³/mol. The van der Waals surface area contributed by atoms with E-state index in [9.17, 15) is 27.5 Å². The van der Waals surface area contributed by atoms with Gasteiger partial charge in [-0.15, -0.1) is 13.2 Å². The van der Waals surface area contributed by atoms with Crippen molar-refractivity contribution in [2.24, 2.45) is 0 Å². The number of halogens is 4.